The summed E-state index contributed by atoms with van der Waals surface area (Å²) < 4.78 is 0. The Morgan fingerprint density at radius 2 is 1.37 bits per heavy atom. The molecule has 0 radical (unpaired) electrons. The van der Waals surface area contributed by atoms with Crippen LogP contribution >= 0.6 is 0 Å². The van der Waals surface area contributed by atoms with Gasteiger partial charge in [0, 0.05) is 5.92 Å². The normalized spacial score (nSPS) is 12.1. The monoisotopic (exact) mass is 257 g/mol. The van der Waals surface area contributed by atoms with Crippen LogP contribution in [0.1, 0.15) is 24.0 Å². The van der Waals surface area contributed by atoms with Gasteiger partial charge in [-0.15, -0.1) is 10.1 Å². The maximum Gasteiger partial charge on any atom is 0.294 e. The van der Waals surface area contributed by atoms with E-state index in [-0.39, 0.29) is 5.92 Å². The van der Waals surface area contributed by atoms with Crippen molar-refractivity contribution in [2.75, 3.05) is 0 Å². The molecule has 0 saturated heterocycles. The SMILES string of the molecule is CC(O[N+](=O)[O-])C(c1ccccc1)c1ccccc1. The highest BCUT2D eigenvalue weighted by atomic mass is 17.0. The first kappa shape index (κ1) is 13.1. The van der Waals surface area contributed by atoms with Gasteiger partial charge in [0.1, 0.15) is 6.10 Å². The van der Waals surface area contributed by atoms with E-state index in [1.165, 1.54) is 0 Å². The zero-order valence-corrected chi connectivity index (χ0v) is 10.6. The van der Waals surface area contributed by atoms with Crippen molar-refractivity contribution in [3.05, 3.63) is 81.9 Å². The molecule has 2 rings (SSSR count). The summed E-state index contributed by atoms with van der Waals surface area (Å²) >= 11 is 0. The Hall–Kier alpha value is -2.36. The summed E-state index contributed by atoms with van der Waals surface area (Å²) in [5.41, 5.74) is 2.01. The summed E-state index contributed by atoms with van der Waals surface area (Å²) in [6.07, 6.45) is -0.542. The molecule has 1 unspecified atom stereocenters. The van der Waals surface area contributed by atoms with Crippen LogP contribution in [-0.4, -0.2) is 11.2 Å². The third-order valence-corrected chi connectivity index (χ3v) is 3.04. The number of nitrogens with zero attached hydrogens (tertiary/aromatic N) is 1. The molecule has 0 heterocycles. The van der Waals surface area contributed by atoms with E-state index in [9.17, 15) is 10.1 Å². The second-order valence-corrected chi connectivity index (χ2v) is 4.33. The summed E-state index contributed by atoms with van der Waals surface area (Å²) in [5, 5.41) is 9.83. The van der Waals surface area contributed by atoms with Crippen molar-refractivity contribution in [3.8, 4) is 0 Å². The Morgan fingerprint density at radius 3 is 1.74 bits per heavy atom. The zero-order chi connectivity index (χ0) is 13.7. The van der Waals surface area contributed by atoms with E-state index in [1.807, 2.05) is 60.7 Å². The molecule has 0 spiro atoms. The predicted octanol–water partition coefficient (Wildman–Crippen LogP) is 3.42. The van der Waals surface area contributed by atoms with Gasteiger partial charge in [0.25, 0.3) is 5.09 Å². The van der Waals surface area contributed by atoms with Gasteiger partial charge in [-0.1, -0.05) is 60.7 Å². The van der Waals surface area contributed by atoms with Gasteiger partial charge in [-0.25, -0.2) is 0 Å². The molecule has 2 aromatic carbocycles. The van der Waals surface area contributed by atoms with Crippen molar-refractivity contribution < 1.29 is 9.92 Å². The van der Waals surface area contributed by atoms with Gasteiger partial charge >= 0.3 is 0 Å². The molecule has 0 amide bonds. The molecule has 0 N–H and O–H groups in total. The first-order valence-corrected chi connectivity index (χ1v) is 6.09. The van der Waals surface area contributed by atoms with Crippen LogP contribution in [-0.2, 0) is 4.84 Å². The Balaban J connectivity index is 2.37. The van der Waals surface area contributed by atoms with E-state index in [0.717, 1.165) is 11.1 Å². The van der Waals surface area contributed by atoms with Crippen LogP contribution in [0.4, 0.5) is 0 Å². The minimum absolute atomic E-state index is 0.159. The molecule has 98 valence electrons. The van der Waals surface area contributed by atoms with E-state index in [4.69, 9.17) is 4.84 Å². The molecule has 0 aliphatic carbocycles. The fraction of sp³-hybridized carbons (Fsp3) is 0.200. The van der Waals surface area contributed by atoms with Gasteiger partial charge in [-0.2, -0.15) is 0 Å². The van der Waals surface area contributed by atoms with Crippen molar-refractivity contribution in [2.45, 2.75) is 18.9 Å². The van der Waals surface area contributed by atoms with Gasteiger partial charge in [0.15, 0.2) is 0 Å². The number of benzene rings is 2. The molecular formula is C15H15NO3. The summed E-state index contributed by atoms with van der Waals surface area (Å²) in [6.45, 7) is 1.72. The van der Waals surface area contributed by atoms with Crippen LogP contribution in [0.25, 0.3) is 0 Å². The lowest BCUT2D eigenvalue weighted by Crippen LogP contribution is -2.23. The quantitative estimate of drug-likeness (QED) is 0.609. The largest absolute Gasteiger partial charge is 0.310 e. The fourth-order valence-corrected chi connectivity index (χ4v) is 2.25. The summed E-state index contributed by atoms with van der Waals surface area (Å²) in [7, 11) is 0. The molecule has 0 aromatic heterocycles. The van der Waals surface area contributed by atoms with Crippen molar-refractivity contribution >= 4 is 0 Å². The Morgan fingerprint density at radius 1 is 0.947 bits per heavy atom. The predicted molar refractivity (Wildman–Crippen MR) is 72.3 cm³/mol. The van der Waals surface area contributed by atoms with E-state index < -0.39 is 11.2 Å². The average molecular weight is 257 g/mol. The number of hydrogen-bond acceptors (Lipinski definition) is 3. The third kappa shape index (κ3) is 3.31. The molecule has 0 bridgehead atoms. The highest BCUT2D eigenvalue weighted by Crippen LogP contribution is 2.29. The van der Waals surface area contributed by atoms with Crippen molar-refractivity contribution in [3.63, 3.8) is 0 Å². The van der Waals surface area contributed by atoms with Crippen LogP contribution in [0.5, 0.6) is 0 Å². The maximum atomic E-state index is 10.6. The van der Waals surface area contributed by atoms with Gasteiger partial charge in [-0.05, 0) is 18.1 Å². The van der Waals surface area contributed by atoms with E-state index in [1.54, 1.807) is 6.92 Å². The molecule has 1 atom stereocenters. The molecule has 0 saturated carbocycles. The topological polar surface area (TPSA) is 52.4 Å². The molecule has 2 aromatic rings. The lowest BCUT2D eigenvalue weighted by molar-refractivity contribution is -0.768. The first-order chi connectivity index (χ1) is 9.18. The van der Waals surface area contributed by atoms with Gasteiger partial charge < -0.3 is 4.84 Å². The van der Waals surface area contributed by atoms with Gasteiger partial charge in [-0.3, -0.25) is 0 Å². The minimum Gasteiger partial charge on any atom is -0.310 e. The highest BCUT2D eigenvalue weighted by molar-refractivity contribution is 5.33. The zero-order valence-electron chi connectivity index (χ0n) is 10.6. The van der Waals surface area contributed by atoms with Crippen molar-refractivity contribution in [1.82, 2.24) is 0 Å². The summed E-state index contributed by atoms with van der Waals surface area (Å²) in [6, 6.07) is 19.3. The Labute approximate surface area is 111 Å². The summed E-state index contributed by atoms with van der Waals surface area (Å²) in [5.74, 6) is -0.159. The number of hydrogen-bond donors (Lipinski definition) is 0. The van der Waals surface area contributed by atoms with Crippen LogP contribution < -0.4 is 0 Å². The van der Waals surface area contributed by atoms with Gasteiger partial charge in [0.2, 0.25) is 0 Å². The van der Waals surface area contributed by atoms with Crippen molar-refractivity contribution in [1.29, 1.82) is 0 Å². The van der Waals surface area contributed by atoms with Crippen LogP contribution in [0, 0.1) is 10.1 Å². The molecule has 4 nitrogen and oxygen atoms in total. The maximum absolute atomic E-state index is 10.6. The van der Waals surface area contributed by atoms with Crippen LogP contribution in [0.3, 0.4) is 0 Å². The lowest BCUT2D eigenvalue weighted by Gasteiger charge is -2.23. The Kier molecular flexibility index (Phi) is 4.13. The van der Waals surface area contributed by atoms with E-state index >= 15 is 0 Å². The summed E-state index contributed by atoms with van der Waals surface area (Å²) in [4.78, 5) is 15.3. The molecule has 4 heteroatoms. The molecule has 0 aliphatic rings. The molecule has 0 fully saturated rings. The second kappa shape index (κ2) is 6.00. The molecular weight excluding hydrogens is 242 g/mol. The Bertz CT molecular complexity index is 488. The van der Waals surface area contributed by atoms with Gasteiger partial charge in [0.05, 0.1) is 0 Å². The van der Waals surface area contributed by atoms with Crippen LogP contribution in [0.15, 0.2) is 60.7 Å². The van der Waals surface area contributed by atoms with E-state index in [0.29, 0.717) is 0 Å². The van der Waals surface area contributed by atoms with Crippen LogP contribution in [0.2, 0.25) is 0 Å². The lowest BCUT2D eigenvalue weighted by atomic mass is 9.87. The highest BCUT2D eigenvalue weighted by Gasteiger charge is 2.23. The first-order valence-electron chi connectivity index (χ1n) is 6.09. The molecule has 0 aliphatic heterocycles. The fourth-order valence-electron chi connectivity index (χ4n) is 2.25. The smallest absolute Gasteiger partial charge is 0.294 e. The van der Waals surface area contributed by atoms with Crippen molar-refractivity contribution in [2.24, 2.45) is 0 Å². The second-order valence-electron chi connectivity index (χ2n) is 4.33. The molecule has 19 heavy (non-hydrogen) atoms. The minimum atomic E-state index is -0.733. The average Bonchev–Trinajstić information content (AvgIpc) is 2.40. The van der Waals surface area contributed by atoms with E-state index in [2.05, 4.69) is 0 Å². The third-order valence-electron chi connectivity index (χ3n) is 3.04. The standard InChI is InChI=1S/C15H15NO3/c1-12(19-16(17)18)15(13-8-4-2-5-9-13)14-10-6-3-7-11-14/h2-12,15H,1H3. The number of rotatable bonds is 5.